The van der Waals surface area contributed by atoms with E-state index < -0.39 is 0 Å². The van der Waals surface area contributed by atoms with E-state index in [2.05, 4.69) is 71.1 Å². The number of methoxy groups -OCH3 is 1. The number of hydrogen-bond acceptors (Lipinski definition) is 3. The van der Waals surface area contributed by atoms with Crippen LogP contribution in [0.15, 0.2) is 53.5 Å². The molecule has 1 aliphatic rings. The zero-order valence-electron chi connectivity index (χ0n) is 17.1. The van der Waals surface area contributed by atoms with Gasteiger partial charge in [0, 0.05) is 38.2 Å². The Morgan fingerprint density at radius 3 is 2.54 bits per heavy atom. The summed E-state index contributed by atoms with van der Waals surface area (Å²) in [5.41, 5.74) is 3.94. The Hall–Kier alpha value is -2.53. The summed E-state index contributed by atoms with van der Waals surface area (Å²) in [6, 6.07) is 17.0. The van der Waals surface area contributed by atoms with Crippen LogP contribution in [0.1, 0.15) is 29.5 Å². The van der Waals surface area contributed by atoms with E-state index in [9.17, 15) is 0 Å². The van der Waals surface area contributed by atoms with Gasteiger partial charge in [-0.1, -0.05) is 42.5 Å². The fourth-order valence-corrected chi connectivity index (χ4v) is 3.34. The number of guanidine groups is 1. The maximum absolute atomic E-state index is 5.88. The molecule has 2 aromatic rings. The van der Waals surface area contributed by atoms with Crippen LogP contribution < -0.4 is 15.4 Å². The van der Waals surface area contributed by atoms with Crippen molar-refractivity contribution in [2.45, 2.75) is 31.7 Å². The smallest absolute Gasteiger partial charge is 0.191 e. The van der Waals surface area contributed by atoms with Gasteiger partial charge in [-0.2, -0.15) is 0 Å². The molecule has 0 amide bonds. The zero-order valence-corrected chi connectivity index (χ0v) is 17.1. The van der Waals surface area contributed by atoms with Gasteiger partial charge in [0.25, 0.3) is 0 Å². The number of aliphatic imine (C=N–C) groups is 1. The fourth-order valence-electron chi connectivity index (χ4n) is 3.34. The minimum Gasteiger partial charge on any atom is -0.491 e. The van der Waals surface area contributed by atoms with Crippen molar-refractivity contribution < 1.29 is 9.47 Å². The lowest BCUT2D eigenvalue weighted by atomic mass is 9.96. The summed E-state index contributed by atoms with van der Waals surface area (Å²) in [4.78, 5) is 4.38. The SMILES string of the molecule is CN=C(NCc1ccc(C)cc1OCCOC)NCC1(c2ccccc2)CC1. The van der Waals surface area contributed by atoms with Gasteiger partial charge in [0.1, 0.15) is 12.4 Å². The van der Waals surface area contributed by atoms with Crippen molar-refractivity contribution in [2.24, 2.45) is 4.99 Å². The maximum atomic E-state index is 5.88. The van der Waals surface area contributed by atoms with Crippen LogP contribution in [-0.4, -0.2) is 39.9 Å². The first-order chi connectivity index (χ1) is 13.7. The molecule has 0 heterocycles. The lowest BCUT2D eigenvalue weighted by Crippen LogP contribution is -2.41. The minimum absolute atomic E-state index is 0.247. The highest BCUT2D eigenvalue weighted by Gasteiger charge is 2.43. The summed E-state index contributed by atoms with van der Waals surface area (Å²) in [5, 5.41) is 6.92. The Morgan fingerprint density at radius 2 is 1.86 bits per heavy atom. The normalized spacial score (nSPS) is 15.2. The number of rotatable bonds is 9. The highest BCUT2D eigenvalue weighted by atomic mass is 16.5. The second-order valence-electron chi connectivity index (χ2n) is 7.38. The van der Waals surface area contributed by atoms with Crippen LogP contribution >= 0.6 is 0 Å². The Labute approximate surface area is 168 Å². The van der Waals surface area contributed by atoms with Gasteiger partial charge in [-0.05, 0) is 37.0 Å². The van der Waals surface area contributed by atoms with Crippen LogP contribution in [0.3, 0.4) is 0 Å². The van der Waals surface area contributed by atoms with Crippen molar-refractivity contribution >= 4 is 5.96 Å². The molecule has 1 aliphatic carbocycles. The molecule has 2 N–H and O–H groups in total. The first-order valence-electron chi connectivity index (χ1n) is 9.88. The average molecular weight is 382 g/mol. The standard InChI is InChI=1S/C23H31N3O2/c1-18-9-10-19(21(15-18)28-14-13-27-3)16-25-22(24-2)26-17-23(11-12-23)20-7-5-4-6-8-20/h4-10,15H,11-14,16-17H2,1-3H3,(H2,24,25,26). The second-order valence-corrected chi connectivity index (χ2v) is 7.38. The van der Waals surface area contributed by atoms with E-state index in [4.69, 9.17) is 9.47 Å². The van der Waals surface area contributed by atoms with Crippen LogP contribution in [0.2, 0.25) is 0 Å². The molecule has 0 aromatic heterocycles. The third-order valence-electron chi connectivity index (χ3n) is 5.27. The molecular weight excluding hydrogens is 350 g/mol. The van der Waals surface area contributed by atoms with Gasteiger partial charge in [-0.15, -0.1) is 0 Å². The number of ether oxygens (including phenoxy) is 2. The first kappa shape index (κ1) is 20.2. The average Bonchev–Trinajstić information content (AvgIpc) is 3.51. The Balaban J connectivity index is 1.56. The molecule has 0 unspecified atom stereocenters. The number of hydrogen-bond donors (Lipinski definition) is 2. The molecule has 5 heteroatoms. The molecule has 0 atom stereocenters. The highest BCUT2D eigenvalue weighted by molar-refractivity contribution is 5.79. The van der Waals surface area contributed by atoms with Gasteiger partial charge >= 0.3 is 0 Å². The third kappa shape index (κ3) is 5.26. The van der Waals surface area contributed by atoms with Crippen LogP contribution in [0, 0.1) is 6.92 Å². The number of aryl methyl sites for hydroxylation is 1. The first-order valence-corrected chi connectivity index (χ1v) is 9.88. The van der Waals surface area contributed by atoms with Crippen LogP contribution in [0.4, 0.5) is 0 Å². The third-order valence-corrected chi connectivity index (χ3v) is 5.27. The number of nitrogens with one attached hydrogen (secondary N) is 2. The molecule has 5 nitrogen and oxygen atoms in total. The van der Waals surface area contributed by atoms with E-state index in [1.54, 1.807) is 7.11 Å². The number of nitrogens with zero attached hydrogens (tertiary/aromatic N) is 1. The molecule has 28 heavy (non-hydrogen) atoms. The lowest BCUT2D eigenvalue weighted by molar-refractivity contribution is 0.145. The zero-order chi connectivity index (χ0) is 19.8. The van der Waals surface area contributed by atoms with Crippen molar-refractivity contribution in [2.75, 3.05) is 33.9 Å². The fraction of sp³-hybridized carbons (Fsp3) is 0.435. The van der Waals surface area contributed by atoms with Gasteiger partial charge in [-0.3, -0.25) is 4.99 Å². The Kier molecular flexibility index (Phi) is 6.93. The van der Waals surface area contributed by atoms with Crippen molar-refractivity contribution in [3.05, 3.63) is 65.2 Å². The molecule has 150 valence electrons. The molecule has 0 spiro atoms. The minimum atomic E-state index is 0.247. The molecule has 0 bridgehead atoms. The summed E-state index contributed by atoms with van der Waals surface area (Å²) < 4.78 is 11.0. The quantitative estimate of drug-likeness (QED) is 0.397. The maximum Gasteiger partial charge on any atom is 0.191 e. The highest BCUT2D eigenvalue weighted by Crippen LogP contribution is 2.47. The van der Waals surface area contributed by atoms with Gasteiger partial charge in [0.15, 0.2) is 5.96 Å². The summed E-state index contributed by atoms with van der Waals surface area (Å²) in [5.74, 6) is 1.70. The van der Waals surface area contributed by atoms with Crippen LogP contribution in [0.5, 0.6) is 5.75 Å². The molecule has 0 saturated heterocycles. The van der Waals surface area contributed by atoms with Crippen molar-refractivity contribution in [1.29, 1.82) is 0 Å². The Morgan fingerprint density at radius 1 is 1.07 bits per heavy atom. The predicted octanol–water partition coefficient (Wildman–Crippen LogP) is 3.42. The summed E-state index contributed by atoms with van der Waals surface area (Å²) in [7, 11) is 3.49. The van der Waals surface area contributed by atoms with Gasteiger partial charge in [0.05, 0.1) is 6.61 Å². The predicted molar refractivity (Wildman–Crippen MR) is 114 cm³/mol. The van der Waals surface area contributed by atoms with E-state index >= 15 is 0 Å². The van der Waals surface area contributed by atoms with Gasteiger partial charge in [0.2, 0.25) is 0 Å². The molecule has 2 aromatic carbocycles. The largest absolute Gasteiger partial charge is 0.491 e. The molecular formula is C23H31N3O2. The topological polar surface area (TPSA) is 54.9 Å². The van der Waals surface area contributed by atoms with Crippen molar-refractivity contribution in [3.8, 4) is 5.75 Å². The van der Waals surface area contributed by atoms with Gasteiger partial charge < -0.3 is 20.1 Å². The van der Waals surface area contributed by atoms with Crippen molar-refractivity contribution in [1.82, 2.24) is 10.6 Å². The monoisotopic (exact) mass is 381 g/mol. The summed E-state index contributed by atoms with van der Waals surface area (Å²) in [6.45, 7) is 4.73. The van der Waals surface area contributed by atoms with E-state index in [0.29, 0.717) is 19.8 Å². The molecule has 1 fully saturated rings. The van der Waals surface area contributed by atoms with Crippen molar-refractivity contribution in [3.63, 3.8) is 0 Å². The summed E-state index contributed by atoms with van der Waals surface area (Å²) >= 11 is 0. The van der Waals surface area contributed by atoms with E-state index in [-0.39, 0.29) is 5.41 Å². The van der Waals surface area contributed by atoms with Crippen LogP contribution in [-0.2, 0) is 16.7 Å². The molecule has 3 rings (SSSR count). The molecule has 1 saturated carbocycles. The van der Waals surface area contributed by atoms with E-state index in [1.165, 1.54) is 24.0 Å². The molecule has 0 radical (unpaired) electrons. The lowest BCUT2D eigenvalue weighted by Gasteiger charge is -2.19. The summed E-state index contributed by atoms with van der Waals surface area (Å²) in [6.07, 6.45) is 2.44. The van der Waals surface area contributed by atoms with Crippen LogP contribution in [0.25, 0.3) is 0 Å². The second kappa shape index (κ2) is 9.60. The van der Waals surface area contributed by atoms with Gasteiger partial charge in [-0.25, -0.2) is 0 Å². The molecule has 0 aliphatic heterocycles. The van der Waals surface area contributed by atoms with E-state index in [0.717, 1.165) is 23.8 Å². The Bertz CT molecular complexity index is 786. The van der Waals surface area contributed by atoms with E-state index in [1.807, 2.05) is 7.05 Å². The number of benzene rings is 2.